The zero-order chi connectivity index (χ0) is 27.8. The summed E-state index contributed by atoms with van der Waals surface area (Å²) < 4.78 is 24.2. The van der Waals surface area contributed by atoms with Crippen molar-refractivity contribution in [3.63, 3.8) is 0 Å². The lowest BCUT2D eigenvalue weighted by Gasteiger charge is -2.18. The number of ether oxygens (including phenoxy) is 4. The van der Waals surface area contributed by atoms with E-state index in [-0.39, 0.29) is 6.79 Å². The molecule has 0 aliphatic carbocycles. The Balaban J connectivity index is 4.47. The summed E-state index contributed by atoms with van der Waals surface area (Å²) in [5, 5.41) is 0. The standard InChI is InChI=1S/C34H68O4/c1-5-9-12-15-18-20-23-26-30-36-33(28-8-4)34(37-31-27-24-21-19-16-13-10-6-2)38-32-35-29-25-22-17-14-11-7-3/h5-32H2,1-4H3. The van der Waals surface area contributed by atoms with Crippen LogP contribution in [-0.4, -0.2) is 26.6 Å². The molecular formula is C34H68O4. The topological polar surface area (TPSA) is 36.9 Å². The minimum Gasteiger partial charge on any atom is -0.491 e. The molecule has 0 saturated heterocycles. The number of unbranched alkanes of at least 4 members (excludes halogenated alkanes) is 19. The van der Waals surface area contributed by atoms with Gasteiger partial charge >= 0.3 is 5.95 Å². The highest BCUT2D eigenvalue weighted by molar-refractivity contribution is 4.95. The highest BCUT2D eigenvalue weighted by atomic mass is 16.7. The summed E-state index contributed by atoms with van der Waals surface area (Å²) in [6.45, 7) is 11.4. The Morgan fingerprint density at radius 3 is 1.21 bits per heavy atom. The summed E-state index contributed by atoms with van der Waals surface area (Å²) in [7, 11) is 0. The van der Waals surface area contributed by atoms with E-state index < -0.39 is 0 Å². The van der Waals surface area contributed by atoms with E-state index in [4.69, 9.17) is 18.9 Å². The Morgan fingerprint density at radius 2 is 0.763 bits per heavy atom. The molecule has 0 atom stereocenters. The minimum absolute atomic E-state index is 0.246. The second kappa shape index (κ2) is 32.3. The largest absolute Gasteiger partial charge is 0.491 e. The maximum atomic E-state index is 6.23. The highest BCUT2D eigenvalue weighted by Gasteiger charge is 2.12. The summed E-state index contributed by atoms with van der Waals surface area (Å²) >= 11 is 0. The zero-order valence-electron chi connectivity index (χ0n) is 26.4. The molecule has 0 aliphatic heterocycles. The molecule has 0 aromatic rings. The Labute approximate surface area is 239 Å². The molecule has 0 heterocycles. The number of hydrogen-bond donors (Lipinski definition) is 0. The predicted molar refractivity (Wildman–Crippen MR) is 164 cm³/mol. The normalized spacial score (nSPS) is 12.0. The quantitative estimate of drug-likeness (QED) is 0.0483. The fourth-order valence-electron chi connectivity index (χ4n) is 4.63. The van der Waals surface area contributed by atoms with Crippen molar-refractivity contribution in [2.45, 2.75) is 182 Å². The van der Waals surface area contributed by atoms with Crippen molar-refractivity contribution in [3.8, 4) is 0 Å². The number of allylic oxidation sites excluding steroid dienone is 1. The molecule has 0 unspecified atom stereocenters. The summed E-state index contributed by atoms with van der Waals surface area (Å²) in [6.07, 6.45) is 30.3. The van der Waals surface area contributed by atoms with Gasteiger partial charge in [-0.3, -0.25) is 0 Å². The van der Waals surface area contributed by atoms with E-state index in [9.17, 15) is 0 Å². The molecule has 0 spiro atoms. The van der Waals surface area contributed by atoms with Crippen molar-refractivity contribution in [1.82, 2.24) is 0 Å². The van der Waals surface area contributed by atoms with E-state index >= 15 is 0 Å². The molecule has 0 aromatic carbocycles. The van der Waals surface area contributed by atoms with Crippen molar-refractivity contribution in [2.24, 2.45) is 0 Å². The highest BCUT2D eigenvalue weighted by Crippen LogP contribution is 2.19. The van der Waals surface area contributed by atoms with Gasteiger partial charge in [0.1, 0.15) is 0 Å². The Bertz CT molecular complexity index is 453. The third kappa shape index (κ3) is 26.7. The lowest BCUT2D eigenvalue weighted by Crippen LogP contribution is -2.10. The van der Waals surface area contributed by atoms with Crippen LogP contribution in [0.3, 0.4) is 0 Å². The lowest BCUT2D eigenvalue weighted by atomic mass is 10.1. The van der Waals surface area contributed by atoms with Gasteiger partial charge < -0.3 is 18.9 Å². The van der Waals surface area contributed by atoms with Crippen molar-refractivity contribution in [1.29, 1.82) is 0 Å². The number of hydrogen-bond acceptors (Lipinski definition) is 4. The fourth-order valence-corrected chi connectivity index (χ4v) is 4.63. The van der Waals surface area contributed by atoms with Crippen LogP contribution in [0.4, 0.5) is 0 Å². The van der Waals surface area contributed by atoms with Crippen molar-refractivity contribution in [3.05, 3.63) is 11.7 Å². The second-order valence-electron chi connectivity index (χ2n) is 11.0. The van der Waals surface area contributed by atoms with Crippen LogP contribution in [0.5, 0.6) is 0 Å². The van der Waals surface area contributed by atoms with Crippen LogP contribution in [0.15, 0.2) is 11.7 Å². The van der Waals surface area contributed by atoms with Gasteiger partial charge in [0.05, 0.1) is 19.8 Å². The summed E-state index contributed by atoms with van der Waals surface area (Å²) in [5.74, 6) is 1.44. The molecule has 0 amide bonds. The van der Waals surface area contributed by atoms with Gasteiger partial charge in [-0.05, 0) is 25.7 Å². The average molecular weight is 541 g/mol. The molecule has 0 bridgehead atoms. The lowest BCUT2D eigenvalue weighted by molar-refractivity contribution is -0.0845. The van der Waals surface area contributed by atoms with Crippen molar-refractivity contribution >= 4 is 0 Å². The molecule has 0 radical (unpaired) electrons. The van der Waals surface area contributed by atoms with Gasteiger partial charge in [-0.2, -0.15) is 0 Å². The van der Waals surface area contributed by atoms with Gasteiger partial charge in [-0.15, -0.1) is 0 Å². The third-order valence-electron chi connectivity index (χ3n) is 7.13. The Morgan fingerprint density at radius 1 is 0.368 bits per heavy atom. The first-order valence-electron chi connectivity index (χ1n) is 17.0. The van der Waals surface area contributed by atoms with Crippen LogP contribution in [0.1, 0.15) is 182 Å². The molecular weight excluding hydrogens is 472 g/mol. The fraction of sp³-hybridized carbons (Fsp3) is 0.941. The molecule has 228 valence electrons. The van der Waals surface area contributed by atoms with Crippen LogP contribution >= 0.6 is 0 Å². The van der Waals surface area contributed by atoms with Crippen LogP contribution in [-0.2, 0) is 18.9 Å². The van der Waals surface area contributed by atoms with Crippen molar-refractivity contribution in [2.75, 3.05) is 26.6 Å². The smallest absolute Gasteiger partial charge is 0.321 e. The van der Waals surface area contributed by atoms with Gasteiger partial charge in [0.15, 0.2) is 12.6 Å². The average Bonchev–Trinajstić information content (AvgIpc) is 2.93. The van der Waals surface area contributed by atoms with Gasteiger partial charge in [0, 0.05) is 6.42 Å². The summed E-state index contributed by atoms with van der Waals surface area (Å²) in [6, 6.07) is 0. The Hall–Kier alpha value is -0.900. The van der Waals surface area contributed by atoms with E-state index in [0.29, 0.717) is 12.6 Å². The number of rotatable bonds is 32. The van der Waals surface area contributed by atoms with E-state index in [1.165, 1.54) is 122 Å². The van der Waals surface area contributed by atoms with E-state index in [2.05, 4.69) is 27.7 Å². The summed E-state index contributed by atoms with van der Waals surface area (Å²) in [5.41, 5.74) is 0. The molecule has 0 rings (SSSR count). The third-order valence-corrected chi connectivity index (χ3v) is 7.13. The maximum absolute atomic E-state index is 6.23. The van der Waals surface area contributed by atoms with Crippen molar-refractivity contribution < 1.29 is 18.9 Å². The van der Waals surface area contributed by atoms with Gasteiger partial charge in [0.2, 0.25) is 0 Å². The summed E-state index contributed by atoms with van der Waals surface area (Å²) in [4.78, 5) is 0. The van der Waals surface area contributed by atoms with Gasteiger partial charge in [-0.1, -0.05) is 150 Å². The van der Waals surface area contributed by atoms with Crippen LogP contribution in [0, 0.1) is 0 Å². The van der Waals surface area contributed by atoms with Gasteiger partial charge in [0.25, 0.3) is 0 Å². The molecule has 4 heteroatoms. The molecule has 0 N–H and O–H groups in total. The molecule has 38 heavy (non-hydrogen) atoms. The van der Waals surface area contributed by atoms with E-state index in [1.54, 1.807) is 0 Å². The molecule has 0 aromatic heterocycles. The minimum atomic E-state index is 0.246. The predicted octanol–water partition coefficient (Wildman–Crippen LogP) is 11.6. The van der Waals surface area contributed by atoms with Crippen LogP contribution in [0.25, 0.3) is 0 Å². The zero-order valence-corrected chi connectivity index (χ0v) is 26.4. The van der Waals surface area contributed by atoms with Crippen LogP contribution in [0.2, 0.25) is 0 Å². The molecule has 0 aliphatic rings. The van der Waals surface area contributed by atoms with Crippen LogP contribution < -0.4 is 0 Å². The molecule has 4 nitrogen and oxygen atoms in total. The van der Waals surface area contributed by atoms with E-state index in [0.717, 1.165) is 51.1 Å². The molecule has 0 saturated carbocycles. The molecule has 0 fully saturated rings. The maximum Gasteiger partial charge on any atom is 0.321 e. The monoisotopic (exact) mass is 541 g/mol. The second-order valence-corrected chi connectivity index (χ2v) is 11.0. The first-order chi connectivity index (χ1) is 18.8. The Kier molecular flexibility index (Phi) is 31.5. The van der Waals surface area contributed by atoms with Gasteiger partial charge in [-0.25, -0.2) is 0 Å². The SMILES string of the molecule is CCCCCCCCCCOC(CCC)=C(OCCCCCCCCCC)OCOCCCCCCCC. The first-order valence-corrected chi connectivity index (χ1v) is 17.0. The van der Waals surface area contributed by atoms with E-state index in [1.807, 2.05) is 0 Å². The first kappa shape index (κ1) is 37.1.